The van der Waals surface area contributed by atoms with Crippen LogP contribution in [-0.4, -0.2) is 16.7 Å². The van der Waals surface area contributed by atoms with Crippen LogP contribution in [0.15, 0.2) is 63.3 Å². The van der Waals surface area contributed by atoms with Crippen molar-refractivity contribution in [2.75, 3.05) is 5.75 Å². The second-order valence-corrected chi connectivity index (χ2v) is 7.92. The molecule has 0 aromatic heterocycles. The Kier molecular flexibility index (Phi) is 4.17. The van der Waals surface area contributed by atoms with E-state index in [0.717, 1.165) is 5.04 Å². The van der Waals surface area contributed by atoms with Gasteiger partial charge in [-0.15, -0.1) is 11.8 Å². The number of amides is 1. The molecule has 0 aliphatic carbocycles. The lowest BCUT2D eigenvalue weighted by molar-refractivity contribution is -0.115. The molecule has 0 bridgehead atoms. The van der Waals surface area contributed by atoms with Gasteiger partial charge >= 0.3 is 0 Å². The molecule has 118 valence electrons. The quantitative estimate of drug-likeness (QED) is 0.819. The lowest BCUT2D eigenvalue weighted by atomic mass is 9.79. The highest BCUT2D eigenvalue weighted by atomic mass is 32.2. The van der Waals surface area contributed by atoms with Crippen LogP contribution >= 0.6 is 23.5 Å². The van der Waals surface area contributed by atoms with Crippen LogP contribution in [-0.2, 0) is 4.79 Å². The van der Waals surface area contributed by atoms with Gasteiger partial charge < -0.3 is 0 Å². The fourth-order valence-corrected chi connectivity index (χ4v) is 5.23. The second kappa shape index (κ2) is 6.46. The number of nitriles is 1. The molecular weight excluding hydrogens is 336 g/mol. The molecule has 2 heterocycles. The first kappa shape index (κ1) is 15.5. The largest absolute Gasteiger partial charge is 0.272 e. The third kappa shape index (κ3) is 2.77. The molecule has 0 N–H and O–H groups in total. The molecule has 2 aromatic carbocycles. The maximum atomic E-state index is 11.4. The summed E-state index contributed by atoms with van der Waals surface area (Å²) in [4.78, 5) is 17.9. The topological polar surface area (TPSA) is 53.2 Å². The first-order valence-corrected chi connectivity index (χ1v) is 9.55. The van der Waals surface area contributed by atoms with Crippen LogP contribution in [0, 0.1) is 17.2 Å². The molecule has 0 radical (unpaired) electrons. The number of benzene rings is 2. The highest BCUT2D eigenvalue weighted by Crippen LogP contribution is 2.49. The van der Waals surface area contributed by atoms with E-state index >= 15 is 0 Å². The summed E-state index contributed by atoms with van der Waals surface area (Å²) in [5, 5.41) is 10.6. The van der Waals surface area contributed by atoms with Gasteiger partial charge in [-0.2, -0.15) is 5.26 Å². The molecule has 1 atom stereocenters. The normalized spacial score (nSPS) is 17.6. The number of aliphatic imine (C=N–C) groups is 1. The molecule has 2 aliphatic heterocycles. The van der Waals surface area contributed by atoms with Crippen LogP contribution in [0.3, 0.4) is 0 Å². The Morgan fingerprint density at radius 1 is 1.12 bits per heavy atom. The SMILES string of the molecule is N#CC(CC1=NC(=O)CS1)C1c2ccccc2Sc2ccccc21. The van der Waals surface area contributed by atoms with Gasteiger partial charge in [0.1, 0.15) is 0 Å². The Balaban J connectivity index is 1.77. The number of carbonyl (C=O) groups excluding carboxylic acids is 1. The zero-order valence-electron chi connectivity index (χ0n) is 12.8. The maximum Gasteiger partial charge on any atom is 0.256 e. The molecule has 0 saturated heterocycles. The lowest BCUT2D eigenvalue weighted by Gasteiger charge is -2.30. The average Bonchev–Trinajstić information content (AvgIpc) is 3.03. The zero-order valence-corrected chi connectivity index (χ0v) is 14.4. The van der Waals surface area contributed by atoms with Crippen molar-refractivity contribution in [3.63, 3.8) is 0 Å². The standard InChI is InChI=1S/C19H14N2OS2/c20-10-12(9-18-21-17(22)11-23-18)19-13-5-1-3-7-15(13)24-16-8-4-2-6-14(16)19/h1-8,12,19H,9,11H2. The van der Waals surface area contributed by atoms with Crippen molar-refractivity contribution in [1.82, 2.24) is 0 Å². The number of nitrogens with zero attached hydrogens (tertiary/aromatic N) is 2. The van der Waals surface area contributed by atoms with E-state index in [-0.39, 0.29) is 17.7 Å². The van der Waals surface area contributed by atoms with E-state index in [4.69, 9.17) is 0 Å². The molecule has 3 nitrogen and oxygen atoms in total. The average molecular weight is 350 g/mol. The van der Waals surface area contributed by atoms with Crippen molar-refractivity contribution in [2.45, 2.75) is 22.1 Å². The zero-order chi connectivity index (χ0) is 16.5. The predicted octanol–water partition coefficient (Wildman–Crippen LogP) is 4.48. The molecule has 2 aliphatic rings. The van der Waals surface area contributed by atoms with Gasteiger partial charge in [-0.25, -0.2) is 4.99 Å². The smallest absolute Gasteiger partial charge is 0.256 e. The molecular formula is C19H14N2OS2. The molecule has 0 saturated carbocycles. The number of hydrogen-bond donors (Lipinski definition) is 0. The summed E-state index contributed by atoms with van der Waals surface area (Å²) in [6.45, 7) is 0. The molecule has 0 fully saturated rings. The molecule has 5 heteroatoms. The summed E-state index contributed by atoms with van der Waals surface area (Å²) in [6, 6.07) is 19.1. The van der Waals surface area contributed by atoms with Crippen LogP contribution in [0.5, 0.6) is 0 Å². The predicted molar refractivity (Wildman–Crippen MR) is 97.5 cm³/mol. The third-order valence-electron chi connectivity index (χ3n) is 4.30. The van der Waals surface area contributed by atoms with E-state index in [1.165, 1.54) is 32.7 Å². The van der Waals surface area contributed by atoms with Crippen LogP contribution in [0.4, 0.5) is 0 Å². The summed E-state index contributed by atoms with van der Waals surface area (Å²) in [5.41, 5.74) is 2.39. The summed E-state index contributed by atoms with van der Waals surface area (Å²) in [6.07, 6.45) is 0.533. The second-order valence-electron chi connectivity index (χ2n) is 5.78. The fraction of sp³-hybridized carbons (Fsp3) is 0.211. The fourth-order valence-electron chi connectivity index (χ4n) is 3.26. The van der Waals surface area contributed by atoms with E-state index in [1.54, 1.807) is 11.8 Å². The molecule has 4 rings (SSSR count). The Labute approximate surface area is 149 Å². The van der Waals surface area contributed by atoms with Gasteiger partial charge in [-0.3, -0.25) is 4.79 Å². The maximum absolute atomic E-state index is 11.4. The summed E-state index contributed by atoms with van der Waals surface area (Å²) < 4.78 is 0. The van der Waals surface area contributed by atoms with Gasteiger partial charge in [0.15, 0.2) is 0 Å². The van der Waals surface area contributed by atoms with Gasteiger partial charge in [0.2, 0.25) is 0 Å². The Bertz CT molecular complexity index is 839. The summed E-state index contributed by atoms with van der Waals surface area (Å²) in [5.74, 6) is 0.0981. The van der Waals surface area contributed by atoms with Crippen molar-refractivity contribution in [1.29, 1.82) is 5.26 Å². The van der Waals surface area contributed by atoms with E-state index in [9.17, 15) is 10.1 Å². The Morgan fingerprint density at radius 3 is 2.29 bits per heavy atom. The van der Waals surface area contributed by atoms with Gasteiger partial charge in [0, 0.05) is 22.1 Å². The molecule has 1 amide bonds. The summed E-state index contributed by atoms with van der Waals surface area (Å²) >= 11 is 3.22. The van der Waals surface area contributed by atoms with Crippen LogP contribution in [0.1, 0.15) is 23.5 Å². The molecule has 1 unspecified atom stereocenters. The number of thioether (sulfide) groups is 1. The third-order valence-corrected chi connectivity index (χ3v) is 6.47. The monoisotopic (exact) mass is 350 g/mol. The van der Waals surface area contributed by atoms with Crippen molar-refractivity contribution < 1.29 is 4.79 Å². The minimum absolute atomic E-state index is 0.0163. The van der Waals surface area contributed by atoms with Gasteiger partial charge in [0.25, 0.3) is 5.91 Å². The molecule has 0 spiro atoms. The molecule has 24 heavy (non-hydrogen) atoms. The van der Waals surface area contributed by atoms with Gasteiger partial charge in [-0.1, -0.05) is 48.2 Å². The highest BCUT2D eigenvalue weighted by Gasteiger charge is 2.34. The van der Waals surface area contributed by atoms with Gasteiger partial charge in [0.05, 0.1) is 22.8 Å². The van der Waals surface area contributed by atoms with E-state index in [1.807, 2.05) is 24.3 Å². The van der Waals surface area contributed by atoms with Crippen LogP contribution in [0.2, 0.25) is 0 Å². The first-order chi connectivity index (χ1) is 11.8. The minimum Gasteiger partial charge on any atom is -0.272 e. The number of hydrogen-bond acceptors (Lipinski definition) is 4. The first-order valence-electron chi connectivity index (χ1n) is 7.75. The van der Waals surface area contributed by atoms with Crippen molar-refractivity contribution in [3.05, 3.63) is 59.7 Å². The van der Waals surface area contributed by atoms with Crippen molar-refractivity contribution in [3.8, 4) is 6.07 Å². The van der Waals surface area contributed by atoms with Crippen molar-refractivity contribution in [2.24, 2.45) is 10.9 Å². The molecule has 2 aromatic rings. The lowest BCUT2D eigenvalue weighted by Crippen LogP contribution is -2.19. The van der Waals surface area contributed by atoms with Gasteiger partial charge in [-0.05, 0) is 23.3 Å². The van der Waals surface area contributed by atoms with Crippen molar-refractivity contribution >= 4 is 34.5 Å². The summed E-state index contributed by atoms with van der Waals surface area (Å²) in [7, 11) is 0. The Hall–Kier alpha value is -2.03. The van der Waals surface area contributed by atoms with E-state index in [2.05, 4.69) is 35.3 Å². The Morgan fingerprint density at radius 2 is 1.75 bits per heavy atom. The minimum atomic E-state index is -0.231. The number of carbonyl (C=O) groups is 1. The number of rotatable bonds is 3. The van der Waals surface area contributed by atoms with E-state index in [0.29, 0.717) is 12.2 Å². The van der Waals surface area contributed by atoms with E-state index < -0.39 is 0 Å². The highest BCUT2D eigenvalue weighted by molar-refractivity contribution is 8.15. The van der Waals surface area contributed by atoms with Crippen LogP contribution in [0.25, 0.3) is 0 Å². The number of fused-ring (bicyclic) bond motifs is 2. The van der Waals surface area contributed by atoms with Crippen LogP contribution < -0.4 is 0 Å².